The van der Waals surface area contributed by atoms with Crippen LogP contribution in [0.4, 0.5) is 0 Å². The van der Waals surface area contributed by atoms with Crippen molar-refractivity contribution in [1.82, 2.24) is 4.98 Å². The molecule has 3 heteroatoms. The Bertz CT molecular complexity index is 531. The molecule has 2 nitrogen and oxygen atoms in total. The number of aryl methyl sites for hydroxylation is 1. The number of nitrogens with zero attached hydrogens (tertiary/aromatic N) is 1. The first-order valence-electron chi connectivity index (χ1n) is 5.64. The van der Waals surface area contributed by atoms with Gasteiger partial charge in [0.15, 0.2) is 0 Å². The fraction of sp³-hybridized carbons (Fsp3) is 0.357. The fourth-order valence-electron chi connectivity index (χ4n) is 1.86. The van der Waals surface area contributed by atoms with E-state index in [2.05, 4.69) is 43.3 Å². The molecule has 0 bridgehead atoms. The van der Waals surface area contributed by atoms with Crippen molar-refractivity contribution in [2.75, 3.05) is 7.11 Å². The molecular weight excluding hydrogens is 230 g/mol. The molecule has 0 N–H and O–H groups in total. The topological polar surface area (TPSA) is 22.1 Å². The Morgan fingerprint density at radius 1 is 1.18 bits per heavy atom. The third-order valence-electron chi connectivity index (χ3n) is 3.15. The molecule has 0 aliphatic rings. The van der Waals surface area contributed by atoms with Crippen LogP contribution in [0.25, 0.3) is 11.3 Å². The van der Waals surface area contributed by atoms with E-state index in [4.69, 9.17) is 4.74 Å². The standard InChI is InChI=1S/C14H17NOS/c1-9-5-6-12(11(3)10(9)2)13-8-17-14(15-13)7-16-4/h5-6,8H,7H2,1-4H3. The van der Waals surface area contributed by atoms with Crippen molar-refractivity contribution in [2.24, 2.45) is 0 Å². The lowest BCUT2D eigenvalue weighted by atomic mass is 9.97. The van der Waals surface area contributed by atoms with E-state index >= 15 is 0 Å². The number of benzene rings is 1. The molecule has 1 aromatic heterocycles. The molecule has 1 aromatic carbocycles. The van der Waals surface area contributed by atoms with Crippen LogP contribution in [0.3, 0.4) is 0 Å². The third-order valence-corrected chi connectivity index (χ3v) is 3.98. The minimum atomic E-state index is 0.592. The highest BCUT2D eigenvalue weighted by atomic mass is 32.1. The molecule has 90 valence electrons. The van der Waals surface area contributed by atoms with Gasteiger partial charge in [0.2, 0.25) is 0 Å². The lowest BCUT2D eigenvalue weighted by Crippen LogP contribution is -1.92. The maximum Gasteiger partial charge on any atom is 0.119 e. The van der Waals surface area contributed by atoms with Gasteiger partial charge in [0.25, 0.3) is 0 Å². The minimum absolute atomic E-state index is 0.592. The second-order valence-electron chi connectivity index (χ2n) is 4.24. The van der Waals surface area contributed by atoms with Crippen molar-refractivity contribution in [3.8, 4) is 11.3 Å². The van der Waals surface area contributed by atoms with Crippen LogP contribution in [0.5, 0.6) is 0 Å². The van der Waals surface area contributed by atoms with Crippen molar-refractivity contribution in [2.45, 2.75) is 27.4 Å². The molecule has 0 aliphatic heterocycles. The van der Waals surface area contributed by atoms with Crippen LogP contribution in [0.15, 0.2) is 17.5 Å². The summed E-state index contributed by atoms with van der Waals surface area (Å²) in [5.74, 6) is 0. The van der Waals surface area contributed by atoms with Gasteiger partial charge >= 0.3 is 0 Å². The van der Waals surface area contributed by atoms with Crippen LogP contribution in [0.2, 0.25) is 0 Å². The van der Waals surface area contributed by atoms with Crippen LogP contribution in [-0.4, -0.2) is 12.1 Å². The molecule has 2 rings (SSSR count). The smallest absolute Gasteiger partial charge is 0.119 e. The Hall–Kier alpha value is -1.19. The van der Waals surface area contributed by atoms with Gasteiger partial charge in [-0.15, -0.1) is 11.3 Å². The SMILES string of the molecule is COCc1nc(-c2ccc(C)c(C)c2C)cs1. The lowest BCUT2D eigenvalue weighted by molar-refractivity contribution is 0.184. The molecule has 0 unspecified atom stereocenters. The van der Waals surface area contributed by atoms with Crippen LogP contribution < -0.4 is 0 Å². The van der Waals surface area contributed by atoms with Gasteiger partial charge in [-0.3, -0.25) is 0 Å². The molecule has 2 aromatic rings. The number of methoxy groups -OCH3 is 1. The lowest BCUT2D eigenvalue weighted by Gasteiger charge is -2.09. The first-order chi connectivity index (χ1) is 8.13. The summed E-state index contributed by atoms with van der Waals surface area (Å²) in [5, 5.41) is 3.13. The fourth-order valence-corrected chi connectivity index (χ4v) is 2.62. The second-order valence-corrected chi connectivity index (χ2v) is 5.18. The van der Waals surface area contributed by atoms with E-state index in [1.165, 1.54) is 22.3 Å². The van der Waals surface area contributed by atoms with Gasteiger partial charge in [0, 0.05) is 18.1 Å². The second kappa shape index (κ2) is 4.98. The Balaban J connectivity index is 2.42. The average Bonchev–Trinajstić information content (AvgIpc) is 2.75. The van der Waals surface area contributed by atoms with E-state index in [-0.39, 0.29) is 0 Å². The summed E-state index contributed by atoms with van der Waals surface area (Å²) in [4.78, 5) is 4.60. The van der Waals surface area contributed by atoms with Crippen LogP contribution in [0.1, 0.15) is 21.7 Å². The van der Waals surface area contributed by atoms with Crippen LogP contribution >= 0.6 is 11.3 Å². The summed E-state index contributed by atoms with van der Waals surface area (Å²) in [7, 11) is 1.70. The molecule has 0 spiro atoms. The number of ether oxygens (including phenoxy) is 1. The number of thiazole rings is 1. The minimum Gasteiger partial charge on any atom is -0.378 e. The zero-order valence-electron chi connectivity index (χ0n) is 10.7. The molecule has 0 aliphatic carbocycles. The molecule has 0 radical (unpaired) electrons. The summed E-state index contributed by atoms with van der Waals surface area (Å²) >= 11 is 1.65. The molecule has 0 saturated carbocycles. The predicted molar refractivity (Wildman–Crippen MR) is 72.5 cm³/mol. The normalized spacial score (nSPS) is 10.8. The Kier molecular flexibility index (Phi) is 3.60. The van der Waals surface area contributed by atoms with E-state index in [9.17, 15) is 0 Å². The highest BCUT2D eigenvalue weighted by Gasteiger charge is 2.09. The number of hydrogen-bond acceptors (Lipinski definition) is 3. The monoisotopic (exact) mass is 247 g/mol. The zero-order chi connectivity index (χ0) is 12.4. The molecule has 0 atom stereocenters. The average molecular weight is 247 g/mol. The summed E-state index contributed by atoms with van der Waals surface area (Å²) < 4.78 is 5.10. The molecule has 1 heterocycles. The van der Waals surface area contributed by atoms with Crippen molar-refractivity contribution in [3.63, 3.8) is 0 Å². The Morgan fingerprint density at radius 2 is 1.94 bits per heavy atom. The van der Waals surface area contributed by atoms with Gasteiger partial charge in [0.1, 0.15) is 5.01 Å². The summed E-state index contributed by atoms with van der Waals surface area (Å²) in [6.07, 6.45) is 0. The van der Waals surface area contributed by atoms with Gasteiger partial charge in [0.05, 0.1) is 12.3 Å². The van der Waals surface area contributed by atoms with E-state index in [0.717, 1.165) is 10.7 Å². The van der Waals surface area contributed by atoms with E-state index in [1.807, 2.05) is 0 Å². The molecule has 0 fully saturated rings. The maximum absolute atomic E-state index is 5.10. The first-order valence-corrected chi connectivity index (χ1v) is 6.52. The zero-order valence-corrected chi connectivity index (χ0v) is 11.5. The number of hydrogen-bond donors (Lipinski definition) is 0. The third kappa shape index (κ3) is 2.40. The van der Waals surface area contributed by atoms with Gasteiger partial charge in [-0.2, -0.15) is 0 Å². The molecular formula is C14H17NOS. The molecule has 0 saturated heterocycles. The number of rotatable bonds is 3. The van der Waals surface area contributed by atoms with Crippen LogP contribution in [0, 0.1) is 20.8 Å². The van der Waals surface area contributed by atoms with Gasteiger partial charge in [-0.05, 0) is 37.5 Å². The van der Waals surface area contributed by atoms with Gasteiger partial charge in [-0.1, -0.05) is 12.1 Å². The van der Waals surface area contributed by atoms with Crippen LogP contribution in [-0.2, 0) is 11.3 Å². The molecule has 0 amide bonds. The van der Waals surface area contributed by atoms with Crippen molar-refractivity contribution < 1.29 is 4.74 Å². The van der Waals surface area contributed by atoms with E-state index in [1.54, 1.807) is 18.4 Å². The molecule has 17 heavy (non-hydrogen) atoms. The number of aromatic nitrogens is 1. The highest BCUT2D eigenvalue weighted by molar-refractivity contribution is 7.09. The summed E-state index contributed by atoms with van der Waals surface area (Å²) in [5.41, 5.74) is 6.29. The largest absolute Gasteiger partial charge is 0.378 e. The summed E-state index contributed by atoms with van der Waals surface area (Å²) in [6.45, 7) is 7.06. The van der Waals surface area contributed by atoms with Crippen molar-refractivity contribution in [3.05, 3.63) is 39.2 Å². The first kappa shape index (κ1) is 12.3. The Labute approximate surface area is 106 Å². The van der Waals surface area contributed by atoms with Crippen molar-refractivity contribution >= 4 is 11.3 Å². The Morgan fingerprint density at radius 3 is 2.65 bits per heavy atom. The predicted octanol–water partition coefficient (Wildman–Crippen LogP) is 3.88. The van der Waals surface area contributed by atoms with E-state index < -0.39 is 0 Å². The summed E-state index contributed by atoms with van der Waals surface area (Å²) in [6, 6.07) is 4.32. The van der Waals surface area contributed by atoms with Crippen molar-refractivity contribution in [1.29, 1.82) is 0 Å². The quantitative estimate of drug-likeness (QED) is 0.821. The van der Waals surface area contributed by atoms with Gasteiger partial charge < -0.3 is 4.74 Å². The van der Waals surface area contributed by atoms with E-state index in [0.29, 0.717) is 6.61 Å². The highest BCUT2D eigenvalue weighted by Crippen LogP contribution is 2.28. The van der Waals surface area contributed by atoms with Gasteiger partial charge in [-0.25, -0.2) is 4.98 Å². The maximum atomic E-state index is 5.10.